The molecule has 3 rings (SSSR count). The van der Waals surface area contributed by atoms with Gasteiger partial charge in [0, 0.05) is 6.42 Å². The Bertz CT molecular complexity index is 817. The van der Waals surface area contributed by atoms with Crippen molar-refractivity contribution in [3.8, 4) is 0 Å². The van der Waals surface area contributed by atoms with Gasteiger partial charge in [0.25, 0.3) is 0 Å². The second-order valence-corrected chi connectivity index (χ2v) is 8.41. The molecule has 0 bridgehead atoms. The molecule has 0 unspecified atom stereocenters. The highest BCUT2D eigenvalue weighted by Gasteiger charge is 2.30. The van der Waals surface area contributed by atoms with Gasteiger partial charge in [0.05, 0.1) is 20.6 Å². The van der Waals surface area contributed by atoms with E-state index in [2.05, 4.69) is 55.4 Å². The Morgan fingerprint density at radius 3 is 1.17 bits per heavy atom. The minimum atomic E-state index is -1.07. The van der Waals surface area contributed by atoms with Gasteiger partial charge in [-0.2, -0.15) is 0 Å². The van der Waals surface area contributed by atoms with E-state index in [1.54, 1.807) is 0 Å². The van der Waals surface area contributed by atoms with Crippen molar-refractivity contribution in [2.75, 3.05) is 0 Å². The zero-order valence-electron chi connectivity index (χ0n) is 15.5. The van der Waals surface area contributed by atoms with E-state index in [0.29, 0.717) is 0 Å². The van der Waals surface area contributed by atoms with E-state index in [-0.39, 0.29) is 0 Å². The van der Waals surface area contributed by atoms with E-state index in [1.165, 1.54) is 55.6 Å². The molecule has 0 saturated carbocycles. The molecular formula is C21H26OS. The van der Waals surface area contributed by atoms with Gasteiger partial charge < -0.3 is 0 Å². The third kappa shape index (κ3) is 2.07. The van der Waals surface area contributed by atoms with Crippen LogP contribution in [-0.4, -0.2) is 4.21 Å². The highest BCUT2D eigenvalue weighted by molar-refractivity contribution is 7.85. The lowest BCUT2D eigenvalue weighted by atomic mass is 9.86. The van der Waals surface area contributed by atoms with Crippen LogP contribution in [0.4, 0.5) is 0 Å². The van der Waals surface area contributed by atoms with Crippen molar-refractivity contribution in [2.24, 2.45) is 0 Å². The van der Waals surface area contributed by atoms with Gasteiger partial charge in [-0.15, -0.1) is 0 Å². The van der Waals surface area contributed by atoms with Gasteiger partial charge in [0.15, 0.2) is 0 Å². The number of fused-ring (bicyclic) bond motifs is 2. The molecular weight excluding hydrogens is 300 g/mol. The SMILES string of the molecule is Cc1c(C)c(C)c2c(c1C)Cc1c(C)c(C)c(C)c(C)c1S2=O. The molecule has 2 heteroatoms. The molecule has 0 saturated heterocycles. The van der Waals surface area contributed by atoms with Crippen molar-refractivity contribution < 1.29 is 4.21 Å². The number of hydrogen-bond acceptors (Lipinski definition) is 1. The normalized spacial score (nSPS) is 13.9. The fourth-order valence-electron chi connectivity index (χ4n) is 3.92. The van der Waals surface area contributed by atoms with Crippen molar-refractivity contribution >= 4 is 10.8 Å². The van der Waals surface area contributed by atoms with Gasteiger partial charge in [-0.3, -0.25) is 0 Å². The van der Waals surface area contributed by atoms with Crippen LogP contribution in [0.1, 0.15) is 55.6 Å². The van der Waals surface area contributed by atoms with Crippen LogP contribution in [0.2, 0.25) is 0 Å². The molecule has 0 amide bonds. The first-order chi connectivity index (χ1) is 10.7. The second-order valence-electron chi connectivity index (χ2n) is 7.06. The summed E-state index contributed by atoms with van der Waals surface area (Å²) in [6.07, 6.45) is 0.915. The lowest BCUT2D eigenvalue weighted by Crippen LogP contribution is -2.18. The van der Waals surface area contributed by atoms with Crippen LogP contribution in [0.25, 0.3) is 0 Å². The Balaban J connectivity index is 2.43. The van der Waals surface area contributed by atoms with Crippen molar-refractivity contribution in [3.63, 3.8) is 0 Å². The fourth-order valence-corrected chi connectivity index (χ4v) is 5.88. The molecule has 0 fully saturated rings. The third-order valence-electron chi connectivity index (χ3n) is 6.23. The average molecular weight is 327 g/mol. The fraction of sp³-hybridized carbons (Fsp3) is 0.429. The van der Waals surface area contributed by atoms with Gasteiger partial charge in [0.1, 0.15) is 0 Å². The highest BCUT2D eigenvalue weighted by atomic mass is 32.2. The number of rotatable bonds is 0. The molecule has 1 aliphatic rings. The number of hydrogen-bond donors (Lipinski definition) is 0. The molecule has 0 N–H and O–H groups in total. The Hall–Kier alpha value is -1.41. The van der Waals surface area contributed by atoms with Crippen LogP contribution in [0, 0.1) is 55.4 Å². The van der Waals surface area contributed by atoms with Crippen molar-refractivity contribution in [2.45, 2.75) is 71.6 Å². The first-order valence-electron chi connectivity index (χ1n) is 8.28. The Kier molecular flexibility index (Phi) is 3.79. The van der Waals surface area contributed by atoms with E-state index in [1.807, 2.05) is 0 Å². The molecule has 1 nitrogen and oxygen atoms in total. The summed E-state index contributed by atoms with van der Waals surface area (Å²) >= 11 is 0. The minimum absolute atomic E-state index is 0.915. The van der Waals surface area contributed by atoms with Crippen molar-refractivity contribution in [1.82, 2.24) is 0 Å². The molecule has 0 aliphatic carbocycles. The van der Waals surface area contributed by atoms with Gasteiger partial charge in [-0.05, 0) is 111 Å². The van der Waals surface area contributed by atoms with E-state index < -0.39 is 10.8 Å². The van der Waals surface area contributed by atoms with Gasteiger partial charge >= 0.3 is 0 Å². The molecule has 122 valence electrons. The summed E-state index contributed by atoms with van der Waals surface area (Å²) < 4.78 is 13.5. The molecule has 1 heterocycles. The Labute approximate surface area is 142 Å². The molecule has 0 radical (unpaired) electrons. The molecule has 23 heavy (non-hydrogen) atoms. The molecule has 1 aliphatic heterocycles. The van der Waals surface area contributed by atoms with Crippen LogP contribution in [0.15, 0.2) is 9.79 Å². The zero-order chi connectivity index (χ0) is 17.2. The maximum atomic E-state index is 13.5. The molecule has 0 aromatic heterocycles. The Morgan fingerprint density at radius 1 is 0.522 bits per heavy atom. The first kappa shape index (κ1) is 16.4. The summed E-state index contributed by atoms with van der Waals surface area (Å²) in [5.74, 6) is 0. The molecule has 2 aromatic carbocycles. The standard InChI is InChI=1S/C21H26OS/c1-10-12(3)16(7)20-18(14(10)5)9-19-15(6)11(2)13(4)17(8)21(19)23(20)22/h9H2,1-8H3. The molecule has 2 aromatic rings. The summed E-state index contributed by atoms with van der Waals surface area (Å²) in [5, 5.41) is 0. The quantitative estimate of drug-likeness (QED) is 0.553. The highest BCUT2D eigenvalue weighted by Crippen LogP contribution is 2.42. The predicted octanol–water partition coefficient (Wildman–Crippen LogP) is 5.22. The zero-order valence-corrected chi connectivity index (χ0v) is 16.3. The van der Waals surface area contributed by atoms with Crippen LogP contribution >= 0.6 is 0 Å². The summed E-state index contributed by atoms with van der Waals surface area (Å²) in [5.41, 5.74) is 12.9. The van der Waals surface area contributed by atoms with Crippen molar-refractivity contribution in [3.05, 3.63) is 55.6 Å². The monoisotopic (exact) mass is 326 g/mol. The Morgan fingerprint density at radius 2 is 0.826 bits per heavy atom. The van der Waals surface area contributed by atoms with Gasteiger partial charge in [-0.1, -0.05) is 0 Å². The molecule has 0 spiro atoms. The van der Waals surface area contributed by atoms with Gasteiger partial charge in [0.2, 0.25) is 0 Å². The topological polar surface area (TPSA) is 17.1 Å². The third-order valence-corrected chi connectivity index (χ3v) is 8.08. The van der Waals surface area contributed by atoms with Crippen molar-refractivity contribution in [1.29, 1.82) is 0 Å². The lowest BCUT2D eigenvalue weighted by molar-refractivity contribution is 0.677. The van der Waals surface area contributed by atoms with E-state index >= 15 is 0 Å². The summed E-state index contributed by atoms with van der Waals surface area (Å²) in [6.45, 7) is 17.3. The van der Waals surface area contributed by atoms with Crippen LogP contribution in [0.5, 0.6) is 0 Å². The molecule has 0 atom stereocenters. The maximum absolute atomic E-state index is 13.5. The van der Waals surface area contributed by atoms with E-state index in [0.717, 1.165) is 16.2 Å². The smallest absolute Gasteiger partial charge is 0.0861 e. The maximum Gasteiger partial charge on any atom is 0.0861 e. The number of benzene rings is 2. The van der Waals surface area contributed by atoms with Gasteiger partial charge in [-0.25, -0.2) is 4.21 Å². The predicted molar refractivity (Wildman–Crippen MR) is 98.3 cm³/mol. The first-order valence-corrected chi connectivity index (χ1v) is 9.43. The second kappa shape index (κ2) is 5.31. The van der Waals surface area contributed by atoms with Crippen LogP contribution in [0.3, 0.4) is 0 Å². The van der Waals surface area contributed by atoms with Crippen LogP contribution in [-0.2, 0) is 17.2 Å². The minimum Gasteiger partial charge on any atom is -0.249 e. The summed E-state index contributed by atoms with van der Waals surface area (Å²) in [7, 11) is -1.07. The van der Waals surface area contributed by atoms with Crippen LogP contribution < -0.4 is 0 Å². The summed E-state index contributed by atoms with van der Waals surface area (Å²) in [4.78, 5) is 2.15. The lowest BCUT2D eigenvalue weighted by Gasteiger charge is -2.29. The van der Waals surface area contributed by atoms with E-state index in [9.17, 15) is 4.21 Å². The van der Waals surface area contributed by atoms with E-state index in [4.69, 9.17) is 0 Å². The average Bonchev–Trinajstić information content (AvgIpc) is 2.53. The summed E-state index contributed by atoms with van der Waals surface area (Å²) in [6, 6.07) is 0. The largest absolute Gasteiger partial charge is 0.249 e.